The van der Waals surface area contributed by atoms with Crippen molar-refractivity contribution >= 4 is 10.8 Å². The van der Waals surface area contributed by atoms with Crippen LogP contribution >= 0.6 is 0 Å². The fraction of sp³-hybridized carbons (Fsp3) is 0.526. The number of hydrogen-bond acceptors (Lipinski definition) is 2. The summed E-state index contributed by atoms with van der Waals surface area (Å²) in [5.74, 6) is 0.851. The summed E-state index contributed by atoms with van der Waals surface area (Å²) in [4.78, 5) is 4.21. The third kappa shape index (κ3) is 3.62. The summed E-state index contributed by atoms with van der Waals surface area (Å²) >= 11 is 0. The lowest BCUT2D eigenvalue weighted by Crippen LogP contribution is -2.33. The summed E-state index contributed by atoms with van der Waals surface area (Å²) < 4.78 is 0. The second-order valence-electron chi connectivity index (χ2n) is 6.44. The molecule has 0 amide bonds. The molecule has 0 spiro atoms. The van der Waals surface area contributed by atoms with Crippen molar-refractivity contribution in [3.63, 3.8) is 0 Å². The number of benzene rings is 1. The summed E-state index contributed by atoms with van der Waals surface area (Å²) in [6.45, 7) is 3.32. The average molecular weight is 282 g/mol. The van der Waals surface area contributed by atoms with E-state index >= 15 is 0 Å². The zero-order chi connectivity index (χ0) is 14.5. The topological polar surface area (TPSA) is 24.9 Å². The van der Waals surface area contributed by atoms with Crippen LogP contribution in [0.4, 0.5) is 0 Å². The predicted molar refractivity (Wildman–Crippen MR) is 89.2 cm³/mol. The molecule has 1 N–H and O–H groups in total. The van der Waals surface area contributed by atoms with Gasteiger partial charge in [-0.05, 0) is 42.7 Å². The van der Waals surface area contributed by atoms with E-state index in [2.05, 4.69) is 41.5 Å². The van der Waals surface area contributed by atoms with Crippen molar-refractivity contribution < 1.29 is 0 Å². The summed E-state index contributed by atoms with van der Waals surface area (Å²) in [7, 11) is 0. The molecule has 0 saturated heterocycles. The molecule has 2 aromatic rings. The Labute approximate surface area is 128 Å². The van der Waals surface area contributed by atoms with E-state index in [1.165, 1.54) is 54.9 Å². The molecule has 1 aromatic heterocycles. The standard InChI is InChI=1S/C19H26N2/c1-15(16-7-4-2-3-5-8-16)21-14-18-10-6-9-17-13-20-12-11-19(17)18/h6,9-13,15-16,21H,2-5,7-8,14H2,1H3/t15-/m0/s1. The van der Waals surface area contributed by atoms with Crippen molar-refractivity contribution in [1.82, 2.24) is 10.3 Å². The molecule has 1 heterocycles. The molecular formula is C19H26N2. The van der Waals surface area contributed by atoms with E-state index in [0.717, 1.165) is 12.5 Å². The highest BCUT2D eigenvalue weighted by molar-refractivity contribution is 5.84. The maximum atomic E-state index is 4.21. The van der Waals surface area contributed by atoms with Gasteiger partial charge < -0.3 is 5.32 Å². The SMILES string of the molecule is C[C@H](NCc1cccc2cnccc12)C1CCCCCC1. The van der Waals surface area contributed by atoms with Crippen molar-refractivity contribution in [2.24, 2.45) is 5.92 Å². The van der Waals surface area contributed by atoms with Gasteiger partial charge in [0.2, 0.25) is 0 Å². The lowest BCUT2D eigenvalue weighted by atomic mass is 9.93. The molecule has 2 nitrogen and oxygen atoms in total. The van der Waals surface area contributed by atoms with Crippen LogP contribution in [0.2, 0.25) is 0 Å². The van der Waals surface area contributed by atoms with Gasteiger partial charge in [0.05, 0.1) is 0 Å². The zero-order valence-corrected chi connectivity index (χ0v) is 13.0. The van der Waals surface area contributed by atoms with E-state index in [4.69, 9.17) is 0 Å². The van der Waals surface area contributed by atoms with Crippen LogP contribution < -0.4 is 5.32 Å². The van der Waals surface area contributed by atoms with Crippen LogP contribution in [-0.2, 0) is 6.54 Å². The van der Waals surface area contributed by atoms with Crippen LogP contribution in [0.25, 0.3) is 10.8 Å². The normalized spacial score (nSPS) is 18.5. The monoisotopic (exact) mass is 282 g/mol. The van der Waals surface area contributed by atoms with Crippen LogP contribution in [0.5, 0.6) is 0 Å². The van der Waals surface area contributed by atoms with Gasteiger partial charge in [0.25, 0.3) is 0 Å². The number of pyridine rings is 1. The third-order valence-electron chi connectivity index (χ3n) is 4.99. The molecule has 0 aliphatic heterocycles. The molecular weight excluding hydrogens is 256 g/mol. The van der Waals surface area contributed by atoms with Crippen molar-refractivity contribution in [2.45, 2.75) is 58.0 Å². The van der Waals surface area contributed by atoms with E-state index in [1.54, 1.807) is 0 Å². The number of nitrogens with zero attached hydrogens (tertiary/aromatic N) is 1. The Hall–Kier alpha value is -1.41. The van der Waals surface area contributed by atoms with Crippen LogP contribution in [-0.4, -0.2) is 11.0 Å². The lowest BCUT2D eigenvalue weighted by Gasteiger charge is -2.24. The maximum Gasteiger partial charge on any atom is 0.0346 e. The van der Waals surface area contributed by atoms with Gasteiger partial charge in [0, 0.05) is 30.4 Å². The highest BCUT2D eigenvalue weighted by Crippen LogP contribution is 2.26. The molecule has 0 bridgehead atoms. The van der Waals surface area contributed by atoms with Crippen LogP contribution in [0.3, 0.4) is 0 Å². The van der Waals surface area contributed by atoms with E-state index in [-0.39, 0.29) is 0 Å². The first-order chi connectivity index (χ1) is 10.3. The first kappa shape index (κ1) is 14.5. The molecule has 1 saturated carbocycles. The Morgan fingerprint density at radius 2 is 1.95 bits per heavy atom. The minimum atomic E-state index is 0.611. The highest BCUT2D eigenvalue weighted by Gasteiger charge is 2.18. The number of hydrogen-bond donors (Lipinski definition) is 1. The second-order valence-corrected chi connectivity index (χ2v) is 6.44. The Balaban J connectivity index is 1.65. The first-order valence-electron chi connectivity index (χ1n) is 8.39. The fourth-order valence-corrected chi connectivity index (χ4v) is 3.59. The van der Waals surface area contributed by atoms with Crippen LogP contribution in [0.1, 0.15) is 51.0 Å². The maximum absolute atomic E-state index is 4.21. The van der Waals surface area contributed by atoms with Gasteiger partial charge in [0.1, 0.15) is 0 Å². The van der Waals surface area contributed by atoms with Gasteiger partial charge in [-0.15, -0.1) is 0 Å². The van der Waals surface area contributed by atoms with Crippen molar-refractivity contribution in [3.8, 4) is 0 Å². The van der Waals surface area contributed by atoms with Gasteiger partial charge in [-0.3, -0.25) is 4.98 Å². The molecule has 1 aromatic carbocycles. The molecule has 112 valence electrons. The van der Waals surface area contributed by atoms with Gasteiger partial charge >= 0.3 is 0 Å². The Morgan fingerprint density at radius 3 is 2.76 bits per heavy atom. The Morgan fingerprint density at radius 1 is 1.14 bits per heavy atom. The minimum absolute atomic E-state index is 0.611. The summed E-state index contributed by atoms with van der Waals surface area (Å²) in [6.07, 6.45) is 12.3. The van der Waals surface area contributed by atoms with E-state index in [9.17, 15) is 0 Å². The predicted octanol–water partition coefficient (Wildman–Crippen LogP) is 4.68. The lowest BCUT2D eigenvalue weighted by molar-refractivity contribution is 0.337. The number of nitrogens with one attached hydrogen (secondary N) is 1. The quantitative estimate of drug-likeness (QED) is 0.823. The molecule has 2 heteroatoms. The minimum Gasteiger partial charge on any atom is -0.310 e. The van der Waals surface area contributed by atoms with Gasteiger partial charge in [-0.1, -0.05) is 43.9 Å². The molecule has 1 aliphatic carbocycles. The molecule has 1 aliphatic rings. The second kappa shape index (κ2) is 7.04. The van der Waals surface area contributed by atoms with E-state index in [1.807, 2.05) is 12.4 Å². The molecule has 0 radical (unpaired) electrons. The molecule has 3 rings (SSSR count). The third-order valence-corrected chi connectivity index (χ3v) is 4.99. The van der Waals surface area contributed by atoms with Crippen LogP contribution in [0.15, 0.2) is 36.7 Å². The van der Waals surface area contributed by atoms with Gasteiger partial charge in [-0.2, -0.15) is 0 Å². The highest BCUT2D eigenvalue weighted by atomic mass is 14.9. The molecule has 1 fully saturated rings. The van der Waals surface area contributed by atoms with E-state index < -0.39 is 0 Å². The van der Waals surface area contributed by atoms with Crippen LogP contribution in [0, 0.1) is 5.92 Å². The molecule has 21 heavy (non-hydrogen) atoms. The average Bonchev–Trinajstić information content (AvgIpc) is 2.82. The largest absolute Gasteiger partial charge is 0.310 e. The summed E-state index contributed by atoms with van der Waals surface area (Å²) in [6, 6.07) is 9.25. The van der Waals surface area contributed by atoms with Crippen molar-refractivity contribution in [1.29, 1.82) is 0 Å². The number of fused-ring (bicyclic) bond motifs is 1. The van der Waals surface area contributed by atoms with Crippen molar-refractivity contribution in [3.05, 3.63) is 42.2 Å². The Bertz CT molecular complexity index is 565. The van der Waals surface area contributed by atoms with Crippen molar-refractivity contribution in [2.75, 3.05) is 0 Å². The molecule has 0 unspecified atom stereocenters. The zero-order valence-electron chi connectivity index (χ0n) is 13.0. The molecule has 1 atom stereocenters. The number of rotatable bonds is 4. The first-order valence-corrected chi connectivity index (χ1v) is 8.39. The van der Waals surface area contributed by atoms with E-state index in [0.29, 0.717) is 6.04 Å². The number of aromatic nitrogens is 1. The summed E-state index contributed by atoms with van der Waals surface area (Å²) in [5, 5.41) is 6.33. The fourth-order valence-electron chi connectivity index (χ4n) is 3.59. The van der Waals surface area contributed by atoms with Gasteiger partial charge in [-0.25, -0.2) is 0 Å². The summed E-state index contributed by atoms with van der Waals surface area (Å²) in [5.41, 5.74) is 1.38. The smallest absolute Gasteiger partial charge is 0.0346 e. The Kier molecular flexibility index (Phi) is 4.87. The van der Waals surface area contributed by atoms with Gasteiger partial charge in [0.15, 0.2) is 0 Å².